The fourth-order valence-corrected chi connectivity index (χ4v) is 3.14. The Morgan fingerprint density at radius 1 is 1.40 bits per heavy atom. The average Bonchev–Trinajstić information content (AvgIpc) is 2.63. The summed E-state index contributed by atoms with van der Waals surface area (Å²) >= 11 is 6.29. The van der Waals surface area contributed by atoms with E-state index in [4.69, 9.17) is 16.3 Å². The molecule has 0 radical (unpaired) electrons. The lowest BCUT2D eigenvalue weighted by Gasteiger charge is -2.23. The third-order valence-electron chi connectivity index (χ3n) is 4.06. The highest BCUT2D eigenvalue weighted by Gasteiger charge is 2.18. The van der Waals surface area contributed by atoms with Crippen LogP contribution in [0.5, 0.6) is 5.75 Å². The van der Waals surface area contributed by atoms with Gasteiger partial charge in [0, 0.05) is 17.8 Å². The van der Waals surface area contributed by atoms with Gasteiger partial charge in [-0.25, -0.2) is 0 Å². The summed E-state index contributed by atoms with van der Waals surface area (Å²) in [6.45, 7) is 3.15. The van der Waals surface area contributed by atoms with E-state index in [1.165, 1.54) is 11.6 Å². The van der Waals surface area contributed by atoms with E-state index in [2.05, 4.69) is 16.7 Å². The molecule has 0 fully saturated rings. The number of halogens is 1. The van der Waals surface area contributed by atoms with Gasteiger partial charge >= 0.3 is 0 Å². The number of anilines is 1. The number of rotatable bonds is 4. The summed E-state index contributed by atoms with van der Waals surface area (Å²) in [5.41, 5.74) is 3.32. The van der Waals surface area contributed by atoms with Gasteiger partial charge in [0.15, 0.2) is 0 Å². The van der Waals surface area contributed by atoms with Crippen LogP contribution in [0.3, 0.4) is 0 Å². The Hall–Kier alpha value is -2.55. The van der Waals surface area contributed by atoms with Crippen LogP contribution in [-0.2, 0) is 6.42 Å². The number of hydrogen-bond donors (Lipinski definition) is 2. The maximum atomic E-state index is 12.5. The molecular weight excluding hydrogens is 338 g/mol. The second-order valence-corrected chi connectivity index (χ2v) is 6.13. The lowest BCUT2D eigenvalue weighted by Crippen LogP contribution is -2.26. The molecule has 3 rings (SSSR count). The van der Waals surface area contributed by atoms with Gasteiger partial charge in [0.05, 0.1) is 12.2 Å². The Bertz CT molecular complexity index is 845. The number of nitriles is 1. The number of benzene rings is 2. The Balaban J connectivity index is 1.81. The van der Waals surface area contributed by atoms with Crippen molar-refractivity contribution in [1.29, 1.82) is 5.26 Å². The molecule has 1 heterocycles. The largest absolute Gasteiger partial charge is 0.492 e. The number of carbonyl (C=O) groups excluding carboxylic acids is 1. The zero-order valence-electron chi connectivity index (χ0n) is 13.8. The van der Waals surface area contributed by atoms with Gasteiger partial charge in [0.2, 0.25) is 0 Å². The molecule has 0 aromatic heterocycles. The Morgan fingerprint density at radius 3 is 3.00 bits per heavy atom. The average molecular weight is 356 g/mol. The summed E-state index contributed by atoms with van der Waals surface area (Å²) in [6.07, 6.45) is 0.914. The molecule has 2 N–H and O–H groups in total. The van der Waals surface area contributed by atoms with Gasteiger partial charge < -0.3 is 10.1 Å². The van der Waals surface area contributed by atoms with Crippen LogP contribution < -0.4 is 15.4 Å². The van der Waals surface area contributed by atoms with Gasteiger partial charge in [-0.2, -0.15) is 5.26 Å². The number of nitrogens with zero attached hydrogens (tertiary/aromatic N) is 1. The minimum Gasteiger partial charge on any atom is -0.492 e. The normalized spacial score (nSPS) is 15.8. The molecule has 1 aliphatic rings. The number of ether oxygens (including phenoxy) is 1. The molecule has 0 spiro atoms. The predicted octanol–water partition coefficient (Wildman–Crippen LogP) is 3.59. The minimum absolute atomic E-state index is 0.253. The van der Waals surface area contributed by atoms with Gasteiger partial charge in [0.25, 0.3) is 5.91 Å². The Kier molecular flexibility index (Phi) is 5.22. The maximum Gasteiger partial charge on any atom is 0.255 e. The predicted molar refractivity (Wildman–Crippen MR) is 97.0 cm³/mol. The van der Waals surface area contributed by atoms with E-state index in [-0.39, 0.29) is 11.4 Å². The maximum absolute atomic E-state index is 12.5. The van der Waals surface area contributed by atoms with Crippen LogP contribution in [-0.4, -0.2) is 19.1 Å². The van der Waals surface area contributed by atoms with Crippen LogP contribution >= 0.6 is 11.6 Å². The number of amides is 1. The molecule has 2 aromatic rings. The molecule has 0 bridgehead atoms. The van der Waals surface area contributed by atoms with E-state index in [1.807, 2.05) is 25.1 Å². The smallest absolute Gasteiger partial charge is 0.255 e. The molecule has 1 aliphatic heterocycles. The molecule has 0 saturated carbocycles. The van der Waals surface area contributed by atoms with E-state index in [0.717, 1.165) is 18.5 Å². The van der Waals surface area contributed by atoms with Gasteiger partial charge in [-0.1, -0.05) is 6.07 Å². The summed E-state index contributed by atoms with van der Waals surface area (Å²) < 4.78 is 5.38. The molecule has 5 nitrogen and oxygen atoms in total. The molecule has 1 atom stereocenters. The first-order valence-corrected chi connectivity index (χ1v) is 8.54. The van der Waals surface area contributed by atoms with Crippen molar-refractivity contribution in [3.63, 3.8) is 0 Å². The van der Waals surface area contributed by atoms with Crippen LogP contribution in [0.25, 0.3) is 0 Å². The van der Waals surface area contributed by atoms with E-state index >= 15 is 0 Å². The van der Waals surface area contributed by atoms with Crippen molar-refractivity contribution in [2.75, 3.05) is 18.5 Å². The number of nitrogens with one attached hydrogen (secondary N) is 2. The molecule has 0 saturated heterocycles. The first-order chi connectivity index (χ1) is 12.1. The van der Waals surface area contributed by atoms with Crippen molar-refractivity contribution < 1.29 is 9.53 Å². The SMILES string of the molecule is CCOc1ccc(C(=O)Nc2ccc3c(c2)C(Cl)NCC3)cc1C#N. The number of fused-ring (bicyclic) bond motifs is 1. The molecule has 0 aliphatic carbocycles. The van der Waals surface area contributed by atoms with Crippen molar-refractivity contribution in [2.45, 2.75) is 18.8 Å². The summed E-state index contributed by atoms with van der Waals surface area (Å²) in [5, 5.41) is 15.3. The van der Waals surface area contributed by atoms with Crippen LogP contribution in [0.15, 0.2) is 36.4 Å². The summed E-state index contributed by atoms with van der Waals surface area (Å²) in [4.78, 5) is 12.5. The first kappa shape index (κ1) is 17.3. The van der Waals surface area contributed by atoms with Crippen molar-refractivity contribution >= 4 is 23.2 Å². The number of hydrogen-bond acceptors (Lipinski definition) is 4. The van der Waals surface area contributed by atoms with Gasteiger partial charge in [-0.3, -0.25) is 10.1 Å². The highest BCUT2D eigenvalue weighted by atomic mass is 35.5. The Morgan fingerprint density at radius 2 is 2.24 bits per heavy atom. The molecule has 1 unspecified atom stereocenters. The zero-order valence-corrected chi connectivity index (χ0v) is 14.6. The quantitative estimate of drug-likeness (QED) is 0.649. The molecular formula is C19H18ClN3O2. The summed E-state index contributed by atoms with van der Waals surface area (Å²) in [5.74, 6) is 0.195. The molecule has 25 heavy (non-hydrogen) atoms. The molecule has 2 aromatic carbocycles. The van der Waals surface area contributed by atoms with E-state index < -0.39 is 0 Å². The number of carbonyl (C=O) groups is 1. The van der Waals surface area contributed by atoms with Crippen LogP contribution in [0.2, 0.25) is 0 Å². The van der Waals surface area contributed by atoms with Gasteiger partial charge in [-0.05, 0) is 54.8 Å². The van der Waals surface area contributed by atoms with Crippen molar-refractivity contribution in [3.05, 3.63) is 58.7 Å². The highest BCUT2D eigenvalue weighted by molar-refractivity contribution is 6.20. The standard InChI is InChI=1S/C19H18ClN3O2/c1-2-25-17-6-4-13(9-14(17)11-21)19(24)23-15-5-3-12-7-8-22-18(20)16(12)10-15/h3-6,9-10,18,22H,2,7-8H2,1H3,(H,23,24). The minimum atomic E-state index is -0.283. The van der Waals surface area contributed by atoms with Crippen LogP contribution in [0.1, 0.15) is 39.5 Å². The highest BCUT2D eigenvalue weighted by Crippen LogP contribution is 2.29. The second-order valence-electron chi connectivity index (χ2n) is 5.69. The Labute approximate surface area is 151 Å². The fourth-order valence-electron chi connectivity index (χ4n) is 2.82. The lowest BCUT2D eigenvalue weighted by atomic mass is 10.00. The third kappa shape index (κ3) is 3.76. The van der Waals surface area contributed by atoms with Gasteiger partial charge in [-0.15, -0.1) is 11.6 Å². The van der Waals surface area contributed by atoms with E-state index in [9.17, 15) is 10.1 Å². The third-order valence-corrected chi connectivity index (χ3v) is 4.45. The van der Waals surface area contributed by atoms with Crippen molar-refractivity contribution in [3.8, 4) is 11.8 Å². The lowest BCUT2D eigenvalue weighted by molar-refractivity contribution is 0.102. The monoisotopic (exact) mass is 355 g/mol. The summed E-state index contributed by atoms with van der Waals surface area (Å²) in [7, 11) is 0. The van der Waals surface area contributed by atoms with Gasteiger partial charge in [0.1, 0.15) is 17.3 Å². The van der Waals surface area contributed by atoms with Crippen LogP contribution in [0.4, 0.5) is 5.69 Å². The molecule has 128 valence electrons. The first-order valence-electron chi connectivity index (χ1n) is 8.11. The molecule has 6 heteroatoms. The van der Waals surface area contributed by atoms with E-state index in [1.54, 1.807) is 12.1 Å². The topological polar surface area (TPSA) is 74.2 Å². The number of alkyl halides is 1. The summed E-state index contributed by atoms with van der Waals surface area (Å²) in [6, 6.07) is 12.6. The molecule has 1 amide bonds. The van der Waals surface area contributed by atoms with Crippen LogP contribution in [0, 0.1) is 11.3 Å². The second kappa shape index (κ2) is 7.56. The zero-order chi connectivity index (χ0) is 17.8. The van der Waals surface area contributed by atoms with Crippen molar-refractivity contribution in [2.24, 2.45) is 0 Å². The van der Waals surface area contributed by atoms with E-state index in [0.29, 0.717) is 29.2 Å². The fraction of sp³-hybridized carbons (Fsp3) is 0.263. The van der Waals surface area contributed by atoms with Crippen molar-refractivity contribution in [1.82, 2.24) is 5.32 Å².